The first-order valence-electron chi connectivity index (χ1n) is 28.6. The van der Waals surface area contributed by atoms with E-state index in [1.165, 1.54) is 0 Å². The minimum absolute atomic E-state index is 2.12. The van der Waals surface area contributed by atoms with Gasteiger partial charge in [-0.3, -0.25) is 5.92 Å². The number of hydrogen-bond acceptors (Lipinski definition) is 0. The lowest BCUT2D eigenvalue weighted by Gasteiger charge is -1.64. The van der Waals surface area contributed by atoms with Gasteiger partial charge < -0.3 is 0 Å². The van der Waals surface area contributed by atoms with Gasteiger partial charge in [0.05, 0.1) is 0 Å². The van der Waals surface area contributed by atoms with Gasteiger partial charge >= 0.3 is 0 Å². The van der Waals surface area contributed by atoms with Crippen molar-refractivity contribution in [3.05, 3.63) is 6.92 Å². The monoisotopic (exact) mass is 1380 g/mol. The third-order valence-corrected chi connectivity index (χ3v) is 7.04. The largest absolute Gasteiger partial charge is 0.284 e. The summed E-state index contributed by atoms with van der Waals surface area (Å²) >= 11 is 0. The summed E-state index contributed by atoms with van der Waals surface area (Å²) in [6, 6.07) is 0. The Hall–Kier alpha value is -25.2. The van der Waals surface area contributed by atoms with Gasteiger partial charge in [-0.1, -0.05) is 0 Å². The molecule has 0 nitrogen and oxygen atoms in total. The Morgan fingerprint density at radius 3 is 0.157 bits per heavy atom. The highest BCUT2D eigenvalue weighted by molar-refractivity contribution is 5.57. The van der Waals surface area contributed by atoms with Crippen molar-refractivity contribution in [3.8, 4) is 675 Å². The van der Waals surface area contributed by atoms with Gasteiger partial charge in [0.1, 0.15) is 0 Å². The molecule has 0 saturated heterocycles. The molecule has 0 amide bonds. The van der Waals surface area contributed by atoms with Crippen molar-refractivity contribution in [2.75, 3.05) is 0 Å². The van der Waals surface area contributed by atoms with E-state index in [-0.39, 0.29) is 0 Å². The van der Waals surface area contributed by atoms with E-state index >= 15 is 0 Å². The first-order chi connectivity index (χ1) is 57.4. The van der Waals surface area contributed by atoms with Crippen LogP contribution in [0, 0.1) is 682 Å². The molecule has 0 heteroatoms. The summed E-state index contributed by atoms with van der Waals surface area (Å²) in [6.45, 7) is 3.32. The maximum atomic E-state index is 4.95. The zero-order chi connectivity index (χ0) is 81.9. The van der Waals surface area contributed by atoms with Gasteiger partial charge in [-0.25, -0.2) is 5.92 Å². The molecule has 0 bridgehead atoms. The second-order valence-corrected chi connectivity index (χ2v) is 14.2. The van der Waals surface area contributed by atoms with Crippen LogP contribution in [-0.4, -0.2) is 0 Å². The second-order valence-electron chi connectivity index (χ2n) is 14.2. The molecular weight excluding hydrogens is 1380 g/mol. The molecular formula is C115H3-. The molecule has 115 heavy (non-hydrogen) atoms. The molecule has 0 N–H and O–H groups in total. The SMILES string of the molecule is C#CC#CC#CC#CC#CC#CC#CC#CC#CC#CC#CC#CC#CC#CC#CC#CC#CC#CC#CC#CC#CC#CC#CC#CC#CC#CC#CC#CC#CC#CC#CC#CC#CC#CC#CC#CC#CC#CC#CC#CC#CC#CC#CC#CC#CC#CC#CC#CC#CC#CC#CC#CC#CC#CC#CC#CC#C[CH2-]. The fourth-order valence-corrected chi connectivity index (χ4v) is 3.49. The molecule has 0 aliphatic heterocycles. The molecule has 0 fully saturated rings. The molecule has 0 spiro atoms. The van der Waals surface area contributed by atoms with E-state index in [1.54, 1.807) is 0 Å². The Morgan fingerprint density at radius 2 is 0.113 bits per heavy atom. The number of terminal acetylenes is 1. The Labute approximate surface area is 677 Å². The lowest BCUT2D eigenvalue weighted by Crippen LogP contribution is -1.57. The number of rotatable bonds is 0. The van der Waals surface area contributed by atoms with Crippen LogP contribution >= 0.6 is 0 Å². The number of hydrogen-bond donors (Lipinski definition) is 0. The summed E-state index contributed by atoms with van der Waals surface area (Å²) in [5.41, 5.74) is 0. The molecule has 0 aromatic carbocycles. The highest BCUT2D eigenvalue weighted by atomic mass is 13.7. The van der Waals surface area contributed by atoms with Crippen LogP contribution in [0.2, 0.25) is 0 Å². The van der Waals surface area contributed by atoms with E-state index < -0.39 is 0 Å². The van der Waals surface area contributed by atoms with Crippen molar-refractivity contribution in [2.45, 2.75) is 0 Å². The third-order valence-electron chi connectivity index (χ3n) is 7.04. The van der Waals surface area contributed by atoms with Crippen LogP contribution in [0.1, 0.15) is 0 Å². The normalized spacial score (nSPS) is 3.96. The third kappa shape index (κ3) is 88.8. The molecule has 0 rings (SSSR count). The molecule has 0 unspecified atom stereocenters. The van der Waals surface area contributed by atoms with E-state index in [0.29, 0.717) is 0 Å². The zero-order valence-corrected chi connectivity index (χ0v) is 57.8. The smallest absolute Gasteiger partial charge is 0 e. The minimum atomic E-state index is 2.12. The summed E-state index contributed by atoms with van der Waals surface area (Å²) < 4.78 is 0. The van der Waals surface area contributed by atoms with Crippen molar-refractivity contribution in [2.24, 2.45) is 0 Å². The maximum absolute atomic E-state index is 4.95. The molecule has 0 atom stereocenters. The van der Waals surface area contributed by atoms with Crippen LogP contribution in [0.25, 0.3) is 0 Å². The van der Waals surface area contributed by atoms with Crippen LogP contribution in [0.15, 0.2) is 0 Å². The van der Waals surface area contributed by atoms with E-state index in [9.17, 15) is 0 Å². The standard InChI is InChI=1S/C115H3/c1-3-5-7-9-11-13-15-17-19-21-23-25-27-29-31-33-35-37-39-41-43-45-47-49-51-53-55-57-59-61-63-65-67-69-71-73-75-77-79-81-83-85-87-89-91-93-95-97-99-101-103-105-107-109-111-113-115-114-112-110-108-106-104-102-100-98-96-94-92-90-88-86-84-82-80-78-76-74-72-70-68-66-64-62-60-58-56-54-52-50-48-46-44-42-40-38-36-34-32-30-28-26-24-22-20-18-16-14-12-10-8-6-4-2/h1H,2H2/q-1. The van der Waals surface area contributed by atoms with Gasteiger partial charge in [-0.2, -0.15) is 6.92 Å². The van der Waals surface area contributed by atoms with Gasteiger partial charge in [0.2, 0.25) is 0 Å². The molecule has 0 aromatic rings. The average molecular weight is 1380 g/mol. The van der Waals surface area contributed by atoms with E-state index in [2.05, 4.69) is 676 Å². The van der Waals surface area contributed by atoms with Crippen LogP contribution in [-0.2, 0) is 0 Å². The van der Waals surface area contributed by atoms with E-state index in [4.69, 9.17) is 6.42 Å². The summed E-state index contributed by atoms with van der Waals surface area (Å²) in [7, 11) is 0. The fourth-order valence-electron chi connectivity index (χ4n) is 3.49. The van der Waals surface area contributed by atoms with Crippen LogP contribution in [0.5, 0.6) is 0 Å². The van der Waals surface area contributed by atoms with Gasteiger partial charge in [-0.05, 0) is 94.7 Å². The van der Waals surface area contributed by atoms with Crippen molar-refractivity contribution in [3.63, 3.8) is 0 Å². The van der Waals surface area contributed by atoms with Crippen molar-refractivity contribution in [1.82, 2.24) is 0 Å². The van der Waals surface area contributed by atoms with Crippen LogP contribution < -0.4 is 0 Å². The quantitative estimate of drug-likeness (QED) is 0.248. The zero-order valence-electron chi connectivity index (χ0n) is 57.8. The lowest BCUT2D eigenvalue weighted by atomic mass is 10.4. The van der Waals surface area contributed by atoms with Crippen LogP contribution in [0.3, 0.4) is 0 Å². The van der Waals surface area contributed by atoms with Crippen molar-refractivity contribution >= 4 is 0 Å². The molecule has 0 radical (unpaired) electrons. The average Bonchev–Trinajstić information content (AvgIpc) is 2.89. The summed E-state index contributed by atoms with van der Waals surface area (Å²) in [5, 5.41) is 0. The molecule has 0 aliphatic carbocycles. The Morgan fingerprint density at radius 1 is 0.0696 bits per heavy atom. The minimum Gasteiger partial charge on any atom is -0.284 e. The summed E-state index contributed by atoms with van der Waals surface area (Å²) in [5.74, 6) is 281. The molecule has 464 valence electrons. The van der Waals surface area contributed by atoms with E-state index in [0.717, 1.165) is 0 Å². The highest BCUT2D eigenvalue weighted by Crippen LogP contribution is 1.69. The highest BCUT2D eigenvalue weighted by Gasteiger charge is 1.68. The maximum Gasteiger partial charge on any atom is 0 e. The van der Waals surface area contributed by atoms with Crippen LogP contribution in [0.4, 0.5) is 0 Å². The molecule has 0 aliphatic rings. The first-order valence-corrected chi connectivity index (χ1v) is 28.6. The summed E-state index contributed by atoms with van der Waals surface area (Å²) in [6.07, 6.45) is 4.95. The Bertz CT molecular complexity index is 8120. The van der Waals surface area contributed by atoms with Gasteiger partial charge in [0.25, 0.3) is 0 Å². The van der Waals surface area contributed by atoms with Crippen molar-refractivity contribution in [1.29, 1.82) is 0 Å². The predicted octanol–water partition coefficient (Wildman–Crippen LogP) is 0.644. The fraction of sp³-hybridized carbons (Fsp3) is 0. The second kappa shape index (κ2) is 88.8. The molecule has 0 saturated carbocycles. The van der Waals surface area contributed by atoms with Crippen molar-refractivity contribution < 1.29 is 0 Å². The van der Waals surface area contributed by atoms with Gasteiger partial charge in [-0.15, -0.1) is 12.3 Å². The Balaban J connectivity index is 4.65. The first kappa shape index (κ1) is 89.8. The van der Waals surface area contributed by atoms with Gasteiger partial charge in [0.15, 0.2) is 0 Å². The molecule has 0 aromatic heterocycles. The lowest BCUT2D eigenvalue weighted by molar-refractivity contribution is 2.31. The molecule has 0 heterocycles. The topological polar surface area (TPSA) is 0 Å². The summed E-state index contributed by atoms with van der Waals surface area (Å²) in [4.78, 5) is 0. The van der Waals surface area contributed by atoms with E-state index in [1.807, 2.05) is 0 Å². The predicted molar refractivity (Wildman–Crippen MR) is 450 cm³/mol. The Kier molecular flexibility index (Phi) is 69.3. The van der Waals surface area contributed by atoms with Gasteiger partial charge in [0, 0.05) is 557 Å².